The maximum atomic E-state index is 13.3. The molecule has 0 aromatic heterocycles. The number of ketones is 2. The molecule has 0 saturated heterocycles. The molecule has 0 fully saturated rings. The summed E-state index contributed by atoms with van der Waals surface area (Å²) in [4.78, 5) is 38.8. The number of carbonyl (C=O) groups excluding carboxylic acids is 3. The standard InChI is InChI=1S/C26H32N2O5S/c1-18(2)24(28-34(32,33)22-12-4-3-5-13-22)23(29)17-21-16-20-11-8-10-19(15-20)9-6-7-14-27-26(31)25(21)30/h3-5,8,10-13,15,18,21,24,28H,6-7,9,14,16-17H2,1-2H3,(H,27,31). The van der Waals surface area contributed by atoms with Gasteiger partial charge in [-0.3, -0.25) is 14.4 Å². The van der Waals surface area contributed by atoms with E-state index in [2.05, 4.69) is 10.0 Å². The molecular weight excluding hydrogens is 452 g/mol. The van der Waals surface area contributed by atoms with Crippen LogP contribution in [-0.4, -0.2) is 38.5 Å². The van der Waals surface area contributed by atoms with Crippen molar-refractivity contribution in [2.75, 3.05) is 6.54 Å². The number of aryl methyl sites for hydroxylation is 1. The predicted molar refractivity (Wildman–Crippen MR) is 130 cm³/mol. The highest BCUT2D eigenvalue weighted by molar-refractivity contribution is 7.89. The molecule has 34 heavy (non-hydrogen) atoms. The second kappa shape index (κ2) is 11.5. The Bertz CT molecular complexity index is 1130. The molecule has 2 aromatic carbocycles. The van der Waals surface area contributed by atoms with Gasteiger partial charge in [-0.05, 0) is 54.9 Å². The van der Waals surface area contributed by atoms with E-state index >= 15 is 0 Å². The summed E-state index contributed by atoms with van der Waals surface area (Å²) < 4.78 is 28.2. The van der Waals surface area contributed by atoms with Gasteiger partial charge in [0.15, 0.2) is 5.78 Å². The molecule has 8 heteroatoms. The SMILES string of the molecule is CC(C)C(NS(=O)(=O)c1ccccc1)C(=O)CC1Cc2cccc(c2)CCCCNC(=O)C1=O. The van der Waals surface area contributed by atoms with Crippen LogP contribution in [0, 0.1) is 11.8 Å². The van der Waals surface area contributed by atoms with Crippen molar-refractivity contribution in [1.29, 1.82) is 0 Å². The fraction of sp³-hybridized carbons (Fsp3) is 0.423. The first-order chi connectivity index (χ1) is 16.2. The van der Waals surface area contributed by atoms with Crippen LogP contribution in [0.1, 0.15) is 44.2 Å². The highest BCUT2D eigenvalue weighted by Gasteiger charge is 2.33. The van der Waals surface area contributed by atoms with Crippen molar-refractivity contribution in [1.82, 2.24) is 10.0 Å². The first kappa shape index (κ1) is 25.8. The second-order valence-corrected chi connectivity index (χ2v) is 10.8. The molecule has 1 aliphatic rings. The molecule has 0 saturated carbocycles. The number of sulfonamides is 1. The maximum absolute atomic E-state index is 13.3. The zero-order valence-electron chi connectivity index (χ0n) is 19.6. The Balaban J connectivity index is 1.84. The summed E-state index contributed by atoms with van der Waals surface area (Å²) in [7, 11) is -3.93. The van der Waals surface area contributed by atoms with E-state index in [0.29, 0.717) is 6.54 Å². The van der Waals surface area contributed by atoms with Gasteiger partial charge in [0.2, 0.25) is 15.8 Å². The highest BCUT2D eigenvalue weighted by atomic mass is 32.2. The molecule has 2 aromatic rings. The van der Waals surface area contributed by atoms with Gasteiger partial charge in [0, 0.05) is 18.9 Å². The first-order valence-corrected chi connectivity index (χ1v) is 13.2. The Labute approximate surface area is 201 Å². The molecule has 1 heterocycles. The lowest BCUT2D eigenvalue weighted by molar-refractivity contribution is -0.141. The second-order valence-electron chi connectivity index (χ2n) is 9.12. The van der Waals surface area contributed by atoms with Crippen LogP contribution in [0.25, 0.3) is 0 Å². The van der Waals surface area contributed by atoms with Crippen molar-refractivity contribution in [2.45, 2.75) is 56.9 Å². The van der Waals surface area contributed by atoms with Crippen LogP contribution in [0.3, 0.4) is 0 Å². The van der Waals surface area contributed by atoms with E-state index in [1.54, 1.807) is 32.0 Å². The van der Waals surface area contributed by atoms with Crippen LogP contribution >= 0.6 is 0 Å². The van der Waals surface area contributed by atoms with E-state index in [1.807, 2.05) is 24.3 Å². The van der Waals surface area contributed by atoms with Crippen molar-refractivity contribution in [2.24, 2.45) is 11.8 Å². The number of nitrogens with one attached hydrogen (secondary N) is 2. The Morgan fingerprint density at radius 1 is 1.03 bits per heavy atom. The smallest absolute Gasteiger partial charge is 0.287 e. The summed E-state index contributed by atoms with van der Waals surface area (Å²) in [5.41, 5.74) is 2.03. The van der Waals surface area contributed by atoms with E-state index in [9.17, 15) is 22.8 Å². The molecule has 7 nitrogen and oxygen atoms in total. The van der Waals surface area contributed by atoms with Crippen molar-refractivity contribution in [3.05, 3.63) is 65.7 Å². The van der Waals surface area contributed by atoms with Gasteiger partial charge >= 0.3 is 0 Å². The summed E-state index contributed by atoms with van der Waals surface area (Å²) in [6, 6.07) is 14.7. The topological polar surface area (TPSA) is 109 Å². The van der Waals surface area contributed by atoms with Crippen LogP contribution < -0.4 is 10.0 Å². The van der Waals surface area contributed by atoms with Gasteiger partial charge < -0.3 is 5.32 Å². The minimum atomic E-state index is -3.93. The summed E-state index contributed by atoms with van der Waals surface area (Å²) >= 11 is 0. The molecule has 1 amide bonds. The van der Waals surface area contributed by atoms with Gasteiger partial charge in [0.05, 0.1) is 10.9 Å². The molecule has 2 bridgehead atoms. The van der Waals surface area contributed by atoms with Crippen LogP contribution in [0.5, 0.6) is 0 Å². The van der Waals surface area contributed by atoms with Crippen LogP contribution in [0.2, 0.25) is 0 Å². The van der Waals surface area contributed by atoms with Gasteiger partial charge in [0.1, 0.15) is 0 Å². The third-order valence-corrected chi connectivity index (χ3v) is 7.50. The molecule has 2 unspecified atom stereocenters. The van der Waals surface area contributed by atoms with E-state index in [-0.39, 0.29) is 23.7 Å². The first-order valence-electron chi connectivity index (χ1n) is 11.7. The molecule has 182 valence electrons. The quantitative estimate of drug-likeness (QED) is 0.588. The van der Waals surface area contributed by atoms with Gasteiger partial charge in [-0.2, -0.15) is 0 Å². The minimum absolute atomic E-state index is 0.0618. The Morgan fingerprint density at radius 2 is 1.74 bits per heavy atom. The minimum Gasteiger partial charge on any atom is -0.349 e. The number of amides is 1. The zero-order chi connectivity index (χ0) is 24.7. The zero-order valence-corrected chi connectivity index (χ0v) is 20.4. The highest BCUT2D eigenvalue weighted by Crippen LogP contribution is 2.21. The average molecular weight is 485 g/mol. The van der Waals surface area contributed by atoms with E-state index in [1.165, 1.54) is 12.1 Å². The Morgan fingerprint density at radius 3 is 2.44 bits per heavy atom. The lowest BCUT2D eigenvalue weighted by Gasteiger charge is -2.24. The number of benzene rings is 2. The summed E-state index contributed by atoms with van der Waals surface area (Å²) in [5, 5.41) is 2.66. The number of Topliss-reactive ketones (excluding diaryl/α,β-unsaturated/α-hetero) is 2. The van der Waals surface area contributed by atoms with Crippen LogP contribution in [-0.2, 0) is 37.2 Å². The third-order valence-electron chi connectivity index (χ3n) is 6.04. The summed E-state index contributed by atoms with van der Waals surface area (Å²) in [5.74, 6) is -2.97. The fourth-order valence-corrected chi connectivity index (χ4v) is 5.55. The van der Waals surface area contributed by atoms with Gasteiger partial charge in [-0.15, -0.1) is 0 Å². The van der Waals surface area contributed by atoms with Crippen LogP contribution in [0.4, 0.5) is 0 Å². The van der Waals surface area contributed by atoms with Crippen molar-refractivity contribution in [3.63, 3.8) is 0 Å². The number of hydrogen-bond acceptors (Lipinski definition) is 5. The number of rotatable bonds is 7. The van der Waals surface area contributed by atoms with Crippen molar-refractivity contribution >= 4 is 27.5 Å². The molecule has 0 radical (unpaired) electrons. The monoisotopic (exact) mass is 484 g/mol. The lowest BCUT2D eigenvalue weighted by Crippen LogP contribution is -2.46. The van der Waals surface area contributed by atoms with Crippen LogP contribution in [0.15, 0.2) is 59.5 Å². The largest absolute Gasteiger partial charge is 0.349 e. The third kappa shape index (κ3) is 6.84. The molecule has 1 aliphatic heterocycles. The van der Waals surface area contributed by atoms with E-state index in [0.717, 1.165) is 30.4 Å². The molecule has 0 spiro atoms. The summed E-state index contributed by atoms with van der Waals surface area (Å²) in [6.07, 6.45) is 2.54. The number of hydrogen-bond donors (Lipinski definition) is 2. The lowest BCUT2D eigenvalue weighted by atomic mass is 9.86. The Hall–Kier alpha value is -2.84. The van der Waals surface area contributed by atoms with Crippen molar-refractivity contribution in [3.8, 4) is 0 Å². The molecule has 2 N–H and O–H groups in total. The normalized spacial score (nSPS) is 18.5. The van der Waals surface area contributed by atoms with E-state index in [4.69, 9.17) is 0 Å². The summed E-state index contributed by atoms with van der Waals surface area (Å²) in [6.45, 7) is 3.89. The average Bonchev–Trinajstić information content (AvgIpc) is 2.81. The Kier molecular flexibility index (Phi) is 8.74. The van der Waals surface area contributed by atoms with Gasteiger partial charge in [-0.25, -0.2) is 13.1 Å². The van der Waals surface area contributed by atoms with Gasteiger partial charge in [-0.1, -0.05) is 56.3 Å². The molecule has 0 aliphatic carbocycles. The fourth-order valence-electron chi connectivity index (χ4n) is 4.16. The van der Waals surface area contributed by atoms with Gasteiger partial charge in [0.25, 0.3) is 5.91 Å². The number of fused-ring (bicyclic) bond motifs is 2. The predicted octanol–water partition coefficient (Wildman–Crippen LogP) is 2.83. The van der Waals surface area contributed by atoms with Crippen molar-refractivity contribution < 1.29 is 22.8 Å². The van der Waals surface area contributed by atoms with E-state index < -0.39 is 39.5 Å². The number of carbonyl (C=O) groups is 3. The molecular formula is C26H32N2O5S. The molecule has 3 rings (SSSR count). The maximum Gasteiger partial charge on any atom is 0.287 e. The molecule has 2 atom stereocenters.